The van der Waals surface area contributed by atoms with Crippen molar-refractivity contribution in [2.75, 3.05) is 19.1 Å². The molecule has 0 spiro atoms. The van der Waals surface area contributed by atoms with Crippen LogP contribution in [-0.2, 0) is 16.1 Å². The van der Waals surface area contributed by atoms with Gasteiger partial charge in [0.15, 0.2) is 11.5 Å². The van der Waals surface area contributed by atoms with Crippen molar-refractivity contribution in [3.63, 3.8) is 0 Å². The molecule has 1 saturated carbocycles. The zero-order valence-corrected chi connectivity index (χ0v) is 22.0. The van der Waals surface area contributed by atoms with Crippen molar-refractivity contribution in [1.29, 1.82) is 0 Å². The lowest BCUT2D eigenvalue weighted by atomic mass is 10.1. The number of methoxy groups -OCH3 is 2. The van der Waals surface area contributed by atoms with Crippen molar-refractivity contribution >= 4 is 17.5 Å². The predicted octanol–water partition coefficient (Wildman–Crippen LogP) is 3.45. The van der Waals surface area contributed by atoms with E-state index in [1.807, 2.05) is 32.0 Å². The van der Waals surface area contributed by atoms with Crippen molar-refractivity contribution in [2.24, 2.45) is 0 Å². The average molecular weight is 507 g/mol. The summed E-state index contributed by atoms with van der Waals surface area (Å²) in [6, 6.07) is 10.6. The lowest BCUT2D eigenvalue weighted by Crippen LogP contribution is -2.51. The molecule has 2 amide bonds. The number of nitrogens with one attached hydrogen (secondary N) is 1. The van der Waals surface area contributed by atoms with Gasteiger partial charge in [-0.15, -0.1) is 10.2 Å². The molecule has 1 atom stereocenters. The van der Waals surface area contributed by atoms with Gasteiger partial charge in [0.1, 0.15) is 12.6 Å². The number of hydrogen-bond donors (Lipinski definition) is 1. The molecule has 3 aromatic rings. The van der Waals surface area contributed by atoms with Crippen LogP contribution in [0.25, 0.3) is 11.4 Å². The Hall–Kier alpha value is -3.95. The van der Waals surface area contributed by atoms with E-state index >= 15 is 0 Å². The van der Waals surface area contributed by atoms with E-state index in [4.69, 9.17) is 9.47 Å². The topological polar surface area (TPSA) is 111 Å². The molecular formula is C27H34N6O4. The summed E-state index contributed by atoms with van der Waals surface area (Å²) in [5.74, 6) is 0.996. The Balaban J connectivity index is 1.58. The number of amides is 2. The normalized spacial score (nSPS) is 14.3. The van der Waals surface area contributed by atoms with E-state index in [1.54, 1.807) is 44.2 Å². The summed E-state index contributed by atoms with van der Waals surface area (Å²) in [5.41, 5.74) is 3.26. The van der Waals surface area contributed by atoms with Crippen molar-refractivity contribution in [1.82, 2.24) is 25.5 Å². The van der Waals surface area contributed by atoms with Crippen LogP contribution >= 0.6 is 0 Å². The Morgan fingerprint density at radius 3 is 2.51 bits per heavy atom. The monoisotopic (exact) mass is 506 g/mol. The number of benzene rings is 2. The van der Waals surface area contributed by atoms with Crippen molar-refractivity contribution < 1.29 is 19.1 Å². The molecule has 1 aliphatic carbocycles. The molecule has 196 valence electrons. The molecule has 1 heterocycles. The molecular weight excluding hydrogens is 472 g/mol. The van der Waals surface area contributed by atoms with Crippen LogP contribution in [0.2, 0.25) is 0 Å². The molecule has 0 bridgehead atoms. The Kier molecular flexibility index (Phi) is 8.05. The Morgan fingerprint density at radius 1 is 1.08 bits per heavy atom. The van der Waals surface area contributed by atoms with Crippen LogP contribution in [0.5, 0.6) is 11.5 Å². The summed E-state index contributed by atoms with van der Waals surface area (Å²) in [7, 11) is 3.12. The van der Waals surface area contributed by atoms with Gasteiger partial charge in [-0.05, 0) is 74.2 Å². The van der Waals surface area contributed by atoms with Gasteiger partial charge in [-0.2, -0.15) is 4.80 Å². The predicted molar refractivity (Wildman–Crippen MR) is 140 cm³/mol. The van der Waals surface area contributed by atoms with Gasteiger partial charge in [-0.25, -0.2) is 0 Å². The highest BCUT2D eigenvalue weighted by Crippen LogP contribution is 2.31. The largest absolute Gasteiger partial charge is 0.493 e. The molecule has 10 heteroatoms. The van der Waals surface area contributed by atoms with Gasteiger partial charge in [0.2, 0.25) is 11.7 Å². The molecule has 1 unspecified atom stereocenters. The summed E-state index contributed by atoms with van der Waals surface area (Å²) in [6.07, 6.45) is 4.16. The van der Waals surface area contributed by atoms with Crippen molar-refractivity contribution in [2.45, 2.75) is 65.1 Å². The number of carbonyl (C=O) groups excluding carboxylic acids is 2. The first-order chi connectivity index (χ1) is 17.8. The Labute approximate surface area is 216 Å². The smallest absolute Gasteiger partial charge is 0.251 e. The number of aryl methyl sites for hydroxylation is 2. The van der Waals surface area contributed by atoms with E-state index in [2.05, 4.69) is 20.7 Å². The summed E-state index contributed by atoms with van der Waals surface area (Å²) in [5, 5.41) is 15.7. The van der Waals surface area contributed by atoms with Gasteiger partial charge in [-0.1, -0.05) is 25.0 Å². The standard InChI is InChI=1S/C27H34N6O4/c1-17-10-11-18(2)22(14-17)33(19(3)27(35)28-21-8-6-7-9-21)25(34)16-32-30-26(29-31-32)20-12-13-23(36-4)24(15-20)37-5/h10-15,19,21H,6-9,16H2,1-5H3,(H,28,35). The van der Waals surface area contributed by atoms with Gasteiger partial charge >= 0.3 is 0 Å². The number of hydrogen-bond acceptors (Lipinski definition) is 7. The molecule has 0 saturated heterocycles. The van der Waals surface area contributed by atoms with E-state index < -0.39 is 6.04 Å². The van der Waals surface area contributed by atoms with Crippen LogP contribution in [-0.4, -0.2) is 58.3 Å². The van der Waals surface area contributed by atoms with Crippen LogP contribution in [0.1, 0.15) is 43.7 Å². The van der Waals surface area contributed by atoms with Crippen LogP contribution < -0.4 is 19.7 Å². The molecule has 1 N–H and O–H groups in total. The fraction of sp³-hybridized carbons (Fsp3) is 0.444. The average Bonchev–Trinajstić information content (AvgIpc) is 3.58. The molecule has 1 aliphatic rings. The third-order valence-corrected chi connectivity index (χ3v) is 6.73. The van der Waals surface area contributed by atoms with Gasteiger partial charge in [0.25, 0.3) is 5.91 Å². The zero-order chi connectivity index (χ0) is 26.5. The maximum Gasteiger partial charge on any atom is 0.251 e. The first-order valence-corrected chi connectivity index (χ1v) is 12.5. The summed E-state index contributed by atoms with van der Waals surface area (Å²) in [4.78, 5) is 29.7. The van der Waals surface area contributed by atoms with E-state index in [9.17, 15) is 9.59 Å². The highest BCUT2D eigenvalue weighted by Gasteiger charge is 2.31. The number of nitrogens with zero attached hydrogens (tertiary/aromatic N) is 5. The third kappa shape index (κ3) is 5.90. The number of carbonyl (C=O) groups is 2. The minimum atomic E-state index is -0.706. The lowest BCUT2D eigenvalue weighted by Gasteiger charge is -2.31. The molecule has 0 radical (unpaired) electrons. The van der Waals surface area contributed by atoms with Crippen LogP contribution in [0, 0.1) is 13.8 Å². The van der Waals surface area contributed by atoms with Crippen LogP contribution in [0.15, 0.2) is 36.4 Å². The molecule has 1 aromatic heterocycles. The quantitative estimate of drug-likeness (QED) is 0.473. The molecule has 4 rings (SSSR count). The lowest BCUT2D eigenvalue weighted by molar-refractivity contribution is -0.127. The highest BCUT2D eigenvalue weighted by molar-refractivity contribution is 6.01. The highest BCUT2D eigenvalue weighted by atomic mass is 16.5. The van der Waals surface area contributed by atoms with Crippen molar-refractivity contribution in [3.8, 4) is 22.9 Å². The van der Waals surface area contributed by atoms with Gasteiger partial charge in [0, 0.05) is 17.3 Å². The second kappa shape index (κ2) is 11.4. The number of ether oxygens (including phenoxy) is 2. The molecule has 1 fully saturated rings. The van der Waals surface area contributed by atoms with E-state index in [1.165, 1.54) is 4.80 Å². The fourth-order valence-corrected chi connectivity index (χ4v) is 4.65. The Bertz CT molecular complexity index is 1270. The summed E-state index contributed by atoms with van der Waals surface area (Å²) in [6.45, 7) is 5.48. The number of anilines is 1. The molecule has 10 nitrogen and oxygen atoms in total. The van der Waals surface area contributed by atoms with Crippen molar-refractivity contribution in [3.05, 3.63) is 47.5 Å². The van der Waals surface area contributed by atoms with E-state index in [0.717, 1.165) is 36.8 Å². The fourth-order valence-electron chi connectivity index (χ4n) is 4.65. The minimum absolute atomic E-state index is 0.159. The molecule has 2 aromatic carbocycles. The molecule has 37 heavy (non-hydrogen) atoms. The summed E-state index contributed by atoms with van der Waals surface area (Å²) < 4.78 is 10.6. The van der Waals surface area contributed by atoms with E-state index in [-0.39, 0.29) is 24.4 Å². The number of rotatable bonds is 9. The van der Waals surface area contributed by atoms with Gasteiger partial charge in [-0.3, -0.25) is 14.5 Å². The number of tetrazole rings is 1. The van der Waals surface area contributed by atoms with Crippen LogP contribution in [0.3, 0.4) is 0 Å². The first kappa shape index (κ1) is 26.1. The second-order valence-electron chi connectivity index (χ2n) is 9.43. The van der Waals surface area contributed by atoms with Gasteiger partial charge in [0.05, 0.1) is 14.2 Å². The van der Waals surface area contributed by atoms with Gasteiger partial charge < -0.3 is 14.8 Å². The maximum absolute atomic E-state index is 13.7. The van der Waals surface area contributed by atoms with E-state index in [0.29, 0.717) is 28.6 Å². The summed E-state index contributed by atoms with van der Waals surface area (Å²) >= 11 is 0. The number of aromatic nitrogens is 4. The first-order valence-electron chi connectivity index (χ1n) is 12.5. The second-order valence-corrected chi connectivity index (χ2v) is 9.43. The minimum Gasteiger partial charge on any atom is -0.493 e. The third-order valence-electron chi connectivity index (χ3n) is 6.73. The SMILES string of the molecule is COc1ccc(-c2nnn(CC(=O)N(c3cc(C)ccc3C)C(C)C(=O)NC3CCCC3)n2)cc1OC. The van der Waals surface area contributed by atoms with Crippen LogP contribution in [0.4, 0.5) is 5.69 Å². The maximum atomic E-state index is 13.7. The zero-order valence-electron chi connectivity index (χ0n) is 22.0. The Morgan fingerprint density at radius 2 is 1.81 bits per heavy atom. The molecule has 0 aliphatic heterocycles.